The minimum absolute atomic E-state index is 0.213. The Morgan fingerprint density at radius 3 is 1.20 bits per heavy atom. The van der Waals surface area contributed by atoms with Gasteiger partial charge in [0.25, 0.3) is 0 Å². The summed E-state index contributed by atoms with van der Waals surface area (Å²) in [6, 6.07) is 0. The summed E-state index contributed by atoms with van der Waals surface area (Å²) in [7, 11) is 4.29. The van der Waals surface area contributed by atoms with E-state index >= 15 is 0 Å². The van der Waals surface area contributed by atoms with Crippen molar-refractivity contribution in [3.8, 4) is 0 Å². The highest BCUT2D eigenvalue weighted by Crippen LogP contribution is 2.46. The fourth-order valence-electron chi connectivity index (χ4n) is 7.97. The van der Waals surface area contributed by atoms with Gasteiger partial charge in [0.15, 0.2) is 0 Å². The van der Waals surface area contributed by atoms with Crippen molar-refractivity contribution >= 4 is 0 Å². The van der Waals surface area contributed by atoms with Crippen LogP contribution in [0.15, 0.2) is 0 Å². The number of ether oxygens (including phenoxy) is 2. The largest absolute Gasteiger partial charge is 0.379 e. The lowest BCUT2D eigenvalue weighted by Crippen LogP contribution is -2.32. The molecule has 0 N–H and O–H groups in total. The molecular weight excluding hydrogens is 562 g/mol. The first kappa shape index (κ1) is 42.0. The Balaban J connectivity index is 1.30. The number of hydrogen-bond acceptors (Lipinski definition) is 3. The van der Waals surface area contributed by atoms with Gasteiger partial charge in [0.2, 0.25) is 0 Å². The van der Waals surface area contributed by atoms with Crippen LogP contribution < -0.4 is 0 Å². The third-order valence-corrected chi connectivity index (χ3v) is 11.3. The van der Waals surface area contributed by atoms with Crippen LogP contribution in [0.25, 0.3) is 0 Å². The lowest BCUT2D eigenvalue weighted by molar-refractivity contribution is -0.0287. The van der Waals surface area contributed by atoms with Crippen LogP contribution in [-0.2, 0) is 9.47 Å². The predicted molar refractivity (Wildman–Crippen MR) is 203 cm³/mol. The maximum absolute atomic E-state index is 6.27. The van der Waals surface area contributed by atoms with Crippen molar-refractivity contribution in [2.75, 3.05) is 40.5 Å². The van der Waals surface area contributed by atoms with E-state index < -0.39 is 0 Å². The van der Waals surface area contributed by atoms with Gasteiger partial charge >= 0.3 is 0 Å². The van der Waals surface area contributed by atoms with Gasteiger partial charge in [-0.05, 0) is 63.5 Å². The molecule has 3 heteroatoms. The zero-order valence-electron chi connectivity index (χ0n) is 32.2. The molecule has 2 aliphatic carbocycles. The van der Waals surface area contributed by atoms with E-state index in [1.807, 2.05) is 0 Å². The molecule has 2 saturated carbocycles. The maximum atomic E-state index is 6.27. The Labute approximate surface area is 290 Å². The van der Waals surface area contributed by atoms with Crippen molar-refractivity contribution in [3.63, 3.8) is 0 Å². The predicted octanol–water partition coefficient (Wildman–Crippen LogP) is 13.2. The molecule has 2 rings (SSSR count). The van der Waals surface area contributed by atoms with E-state index in [4.69, 9.17) is 9.47 Å². The summed E-state index contributed by atoms with van der Waals surface area (Å²) in [6.45, 7) is 8.13. The van der Waals surface area contributed by atoms with E-state index in [1.165, 1.54) is 180 Å². The molecular formula is C43H85NO2. The van der Waals surface area contributed by atoms with Gasteiger partial charge in [-0.25, -0.2) is 0 Å². The first-order chi connectivity index (χ1) is 22.6. The van der Waals surface area contributed by atoms with E-state index in [-0.39, 0.29) is 6.10 Å². The Kier molecular flexibility index (Phi) is 27.2. The van der Waals surface area contributed by atoms with Gasteiger partial charge in [-0.1, -0.05) is 181 Å². The average molecular weight is 648 g/mol. The summed E-state index contributed by atoms with van der Waals surface area (Å²) in [5, 5.41) is 0. The van der Waals surface area contributed by atoms with Crippen LogP contribution in [-0.4, -0.2) is 51.5 Å². The Morgan fingerprint density at radius 1 is 0.457 bits per heavy atom. The molecule has 274 valence electrons. The molecule has 0 aromatic rings. The third kappa shape index (κ3) is 24.9. The lowest BCUT2D eigenvalue weighted by atomic mass is 10.0. The van der Waals surface area contributed by atoms with Crippen molar-refractivity contribution in [1.82, 2.24) is 4.90 Å². The summed E-state index contributed by atoms with van der Waals surface area (Å²) < 4.78 is 12.3. The van der Waals surface area contributed by atoms with Crippen molar-refractivity contribution in [2.24, 2.45) is 23.7 Å². The second kappa shape index (κ2) is 29.8. The summed E-state index contributed by atoms with van der Waals surface area (Å²) >= 11 is 0. The number of hydrogen-bond donors (Lipinski definition) is 0. The lowest BCUT2D eigenvalue weighted by Gasteiger charge is -2.21. The normalized spacial score (nSPS) is 21.3. The molecule has 0 saturated heterocycles. The molecule has 0 bridgehead atoms. The van der Waals surface area contributed by atoms with Crippen molar-refractivity contribution < 1.29 is 9.47 Å². The van der Waals surface area contributed by atoms with Crippen LogP contribution in [0, 0.1) is 23.7 Å². The molecule has 0 heterocycles. The number of rotatable bonds is 37. The molecule has 0 aliphatic heterocycles. The van der Waals surface area contributed by atoms with E-state index in [0.717, 1.165) is 50.0 Å². The first-order valence-electron chi connectivity index (χ1n) is 21.5. The summed E-state index contributed by atoms with van der Waals surface area (Å²) in [6.07, 6.45) is 43.3. The zero-order chi connectivity index (χ0) is 32.9. The van der Waals surface area contributed by atoms with Crippen LogP contribution in [0.5, 0.6) is 0 Å². The van der Waals surface area contributed by atoms with E-state index in [9.17, 15) is 0 Å². The van der Waals surface area contributed by atoms with Crippen LogP contribution in [0.1, 0.15) is 206 Å². The van der Waals surface area contributed by atoms with Gasteiger partial charge in [0.1, 0.15) is 0 Å². The second-order valence-electron chi connectivity index (χ2n) is 16.3. The molecule has 5 unspecified atom stereocenters. The fourth-order valence-corrected chi connectivity index (χ4v) is 7.97. The second-order valence-corrected chi connectivity index (χ2v) is 16.3. The molecule has 2 fully saturated rings. The van der Waals surface area contributed by atoms with Gasteiger partial charge < -0.3 is 14.4 Å². The summed E-state index contributed by atoms with van der Waals surface area (Å²) in [5.74, 6) is 4.38. The summed E-state index contributed by atoms with van der Waals surface area (Å²) in [4.78, 5) is 2.24. The Morgan fingerprint density at radius 2 is 0.804 bits per heavy atom. The minimum atomic E-state index is 0.213. The van der Waals surface area contributed by atoms with Gasteiger partial charge in [0.05, 0.1) is 12.7 Å². The maximum Gasteiger partial charge on any atom is 0.0934 e. The number of nitrogens with zero attached hydrogens (tertiary/aromatic N) is 1. The smallest absolute Gasteiger partial charge is 0.0934 e. The van der Waals surface area contributed by atoms with Crippen LogP contribution in [0.4, 0.5) is 0 Å². The first-order valence-corrected chi connectivity index (χ1v) is 21.5. The molecule has 3 nitrogen and oxygen atoms in total. The molecule has 0 aromatic heterocycles. The molecule has 5 atom stereocenters. The van der Waals surface area contributed by atoms with E-state index in [2.05, 4.69) is 32.8 Å². The van der Waals surface area contributed by atoms with Crippen molar-refractivity contribution in [2.45, 2.75) is 213 Å². The standard InChI is InChI=1S/C43H85NO2/c1-5-7-9-11-17-23-29-39-35-41(39)31-25-19-13-15-21-27-33-45-38-43(37-44(3)4)46-34-28-22-16-14-20-26-32-42-36-40(42)30-24-18-12-10-8-6-2/h39-43H,5-38H2,1-4H3. The topological polar surface area (TPSA) is 21.7 Å². The highest BCUT2D eigenvalue weighted by Gasteiger charge is 2.35. The Hall–Kier alpha value is -0.120. The van der Waals surface area contributed by atoms with Gasteiger partial charge in [-0.3, -0.25) is 0 Å². The van der Waals surface area contributed by atoms with Crippen LogP contribution in [0.3, 0.4) is 0 Å². The Bertz CT molecular complexity index is 638. The SMILES string of the molecule is CCCCCCCCC1CC1CCCCCCCCOCC(CN(C)C)OCCCCCCCCC1CC1CCCCCCCC. The third-order valence-electron chi connectivity index (χ3n) is 11.3. The highest BCUT2D eigenvalue weighted by atomic mass is 16.5. The van der Waals surface area contributed by atoms with Crippen molar-refractivity contribution in [3.05, 3.63) is 0 Å². The van der Waals surface area contributed by atoms with Crippen LogP contribution in [0.2, 0.25) is 0 Å². The fraction of sp³-hybridized carbons (Fsp3) is 1.00. The number of unbranched alkanes of at least 4 members (excludes halogenated alkanes) is 20. The van der Waals surface area contributed by atoms with Gasteiger partial charge in [-0.15, -0.1) is 0 Å². The molecule has 0 radical (unpaired) electrons. The molecule has 0 aromatic carbocycles. The molecule has 0 spiro atoms. The van der Waals surface area contributed by atoms with Crippen LogP contribution >= 0.6 is 0 Å². The minimum Gasteiger partial charge on any atom is -0.379 e. The van der Waals surface area contributed by atoms with Crippen molar-refractivity contribution in [1.29, 1.82) is 0 Å². The molecule has 2 aliphatic rings. The molecule has 0 amide bonds. The van der Waals surface area contributed by atoms with E-state index in [1.54, 1.807) is 12.8 Å². The van der Waals surface area contributed by atoms with Gasteiger partial charge in [0, 0.05) is 19.8 Å². The number of likely N-dealkylation sites (N-methyl/N-ethyl adjacent to an activating group) is 1. The monoisotopic (exact) mass is 648 g/mol. The summed E-state index contributed by atoms with van der Waals surface area (Å²) in [5.41, 5.74) is 0. The highest BCUT2D eigenvalue weighted by molar-refractivity contribution is 4.86. The average Bonchev–Trinajstić information content (AvgIpc) is 3.97. The van der Waals surface area contributed by atoms with E-state index in [0.29, 0.717) is 0 Å². The zero-order valence-corrected chi connectivity index (χ0v) is 32.2. The van der Waals surface area contributed by atoms with Gasteiger partial charge in [-0.2, -0.15) is 0 Å². The molecule has 46 heavy (non-hydrogen) atoms. The quantitative estimate of drug-likeness (QED) is 0.0626.